The predicted octanol–water partition coefficient (Wildman–Crippen LogP) is 4.65. The fraction of sp³-hybridized carbons (Fsp3) is 0.478. The summed E-state index contributed by atoms with van der Waals surface area (Å²) in [6, 6.07) is 8.06. The van der Waals surface area contributed by atoms with E-state index in [-0.39, 0.29) is 17.9 Å². The van der Waals surface area contributed by atoms with Crippen LogP contribution in [0.15, 0.2) is 28.7 Å². The van der Waals surface area contributed by atoms with Crippen LogP contribution in [-0.4, -0.2) is 34.5 Å². The first-order valence-corrected chi connectivity index (χ1v) is 11.5. The molecule has 31 heavy (non-hydrogen) atoms. The van der Waals surface area contributed by atoms with Gasteiger partial charge < -0.3 is 25.1 Å². The summed E-state index contributed by atoms with van der Waals surface area (Å²) in [7, 11) is 0. The molecule has 3 heterocycles. The molecule has 0 saturated carbocycles. The standard InChI is InChI=1S/C23H28BrN3O4/c1-3-13(2)21(31-23(25)29)22(28)27-10-4-5-18(27)20-17-12-30-11-16(17)19(26-20)14-6-8-15(24)9-7-14/h6-9,13,18,21,26H,3-5,10-12H2,1-2H3,(H2,25,29)/t13?,18-,21?/m0/s1. The highest BCUT2D eigenvalue weighted by Crippen LogP contribution is 2.41. The Kier molecular flexibility index (Phi) is 6.39. The van der Waals surface area contributed by atoms with Gasteiger partial charge >= 0.3 is 6.09 Å². The largest absolute Gasteiger partial charge is 0.436 e. The number of nitrogens with one attached hydrogen (secondary N) is 1. The number of aromatic amines is 1. The van der Waals surface area contributed by atoms with Crippen molar-refractivity contribution in [2.45, 2.75) is 58.5 Å². The van der Waals surface area contributed by atoms with E-state index in [0.717, 1.165) is 45.4 Å². The van der Waals surface area contributed by atoms with E-state index in [1.54, 1.807) is 0 Å². The van der Waals surface area contributed by atoms with Crippen LogP contribution in [0.1, 0.15) is 56.0 Å². The zero-order valence-electron chi connectivity index (χ0n) is 17.8. The normalized spacial score (nSPS) is 19.8. The van der Waals surface area contributed by atoms with Crippen molar-refractivity contribution in [3.8, 4) is 11.3 Å². The Morgan fingerprint density at radius 1 is 1.29 bits per heavy atom. The lowest BCUT2D eigenvalue weighted by molar-refractivity contribution is -0.144. The van der Waals surface area contributed by atoms with Crippen molar-refractivity contribution in [1.82, 2.24) is 9.88 Å². The molecule has 3 atom stereocenters. The predicted molar refractivity (Wildman–Crippen MR) is 120 cm³/mol. The van der Waals surface area contributed by atoms with Gasteiger partial charge in [0.15, 0.2) is 6.10 Å². The van der Waals surface area contributed by atoms with Crippen molar-refractivity contribution in [3.63, 3.8) is 0 Å². The minimum absolute atomic E-state index is 0.102. The Morgan fingerprint density at radius 3 is 2.68 bits per heavy atom. The van der Waals surface area contributed by atoms with Crippen LogP contribution in [0.2, 0.25) is 0 Å². The molecule has 3 N–H and O–H groups in total. The second-order valence-electron chi connectivity index (χ2n) is 8.30. The van der Waals surface area contributed by atoms with Crippen LogP contribution in [0.4, 0.5) is 4.79 Å². The van der Waals surface area contributed by atoms with Gasteiger partial charge in [0.25, 0.3) is 5.91 Å². The Balaban J connectivity index is 1.67. The summed E-state index contributed by atoms with van der Waals surface area (Å²) in [5.74, 6) is -0.291. The Bertz CT molecular complexity index is 972. The molecule has 7 nitrogen and oxygen atoms in total. The van der Waals surface area contributed by atoms with E-state index < -0.39 is 12.2 Å². The zero-order valence-corrected chi connectivity index (χ0v) is 19.4. The number of nitrogens with two attached hydrogens (primary N) is 1. The van der Waals surface area contributed by atoms with Crippen LogP contribution < -0.4 is 5.73 Å². The molecular weight excluding hydrogens is 462 g/mol. The first kappa shape index (κ1) is 21.9. The number of aromatic nitrogens is 1. The van der Waals surface area contributed by atoms with E-state index in [9.17, 15) is 9.59 Å². The molecule has 2 aliphatic rings. The second-order valence-corrected chi connectivity index (χ2v) is 9.22. The number of fused-ring (bicyclic) bond motifs is 1. The van der Waals surface area contributed by atoms with Gasteiger partial charge in [-0.05, 0) is 37.0 Å². The quantitative estimate of drug-likeness (QED) is 0.616. The molecule has 1 aromatic heterocycles. The van der Waals surface area contributed by atoms with Gasteiger partial charge in [-0.2, -0.15) is 0 Å². The number of nitrogens with zero attached hydrogens (tertiary/aromatic N) is 1. The van der Waals surface area contributed by atoms with Gasteiger partial charge in [0, 0.05) is 33.8 Å². The van der Waals surface area contributed by atoms with Crippen molar-refractivity contribution in [2.24, 2.45) is 11.7 Å². The molecule has 2 amide bonds. The third-order valence-corrected chi connectivity index (χ3v) is 6.92. The van der Waals surface area contributed by atoms with E-state index in [4.69, 9.17) is 15.2 Å². The maximum Gasteiger partial charge on any atom is 0.405 e. The molecule has 1 fully saturated rings. The third-order valence-electron chi connectivity index (χ3n) is 6.39. The minimum Gasteiger partial charge on any atom is -0.436 e. The average molecular weight is 490 g/mol. The summed E-state index contributed by atoms with van der Waals surface area (Å²) in [5, 5.41) is 0. The summed E-state index contributed by atoms with van der Waals surface area (Å²) >= 11 is 3.49. The third kappa shape index (κ3) is 4.23. The van der Waals surface area contributed by atoms with Crippen molar-refractivity contribution < 1.29 is 19.1 Å². The SMILES string of the molecule is CCC(C)C(OC(N)=O)C(=O)N1CCC[C@H]1c1[nH]c(-c2ccc(Br)cc2)c2c1COC2. The summed E-state index contributed by atoms with van der Waals surface area (Å²) < 4.78 is 12.0. The average Bonchev–Trinajstić information content (AvgIpc) is 3.48. The Morgan fingerprint density at radius 2 is 2.00 bits per heavy atom. The monoisotopic (exact) mass is 489 g/mol. The Hall–Kier alpha value is -2.32. The van der Waals surface area contributed by atoms with Crippen LogP contribution in [0.3, 0.4) is 0 Å². The van der Waals surface area contributed by atoms with Crippen molar-refractivity contribution in [1.29, 1.82) is 0 Å². The summed E-state index contributed by atoms with van der Waals surface area (Å²) in [6.45, 7) is 5.58. The first-order valence-electron chi connectivity index (χ1n) is 10.7. The van der Waals surface area contributed by atoms with Crippen molar-refractivity contribution >= 4 is 27.9 Å². The molecule has 2 aromatic rings. The number of benzene rings is 1. The maximum absolute atomic E-state index is 13.4. The van der Waals surface area contributed by atoms with Gasteiger partial charge in [-0.1, -0.05) is 41.9 Å². The van der Waals surface area contributed by atoms with Gasteiger partial charge in [-0.3, -0.25) is 4.79 Å². The van der Waals surface area contributed by atoms with Crippen LogP contribution in [0.5, 0.6) is 0 Å². The van der Waals surface area contributed by atoms with Crippen LogP contribution in [-0.2, 0) is 27.5 Å². The highest BCUT2D eigenvalue weighted by molar-refractivity contribution is 9.10. The van der Waals surface area contributed by atoms with E-state index in [2.05, 4.69) is 33.0 Å². The molecule has 0 bridgehead atoms. The molecule has 1 saturated heterocycles. The number of amides is 2. The summed E-state index contributed by atoms with van der Waals surface area (Å²) in [4.78, 5) is 30.3. The number of carbonyl (C=O) groups excluding carboxylic acids is 2. The molecule has 0 radical (unpaired) electrons. The van der Waals surface area contributed by atoms with E-state index in [1.165, 1.54) is 0 Å². The minimum atomic E-state index is -0.916. The molecular formula is C23H28BrN3O4. The molecule has 8 heteroatoms. The number of ether oxygens (including phenoxy) is 2. The molecule has 0 spiro atoms. The number of hydrogen-bond acceptors (Lipinski definition) is 4. The number of likely N-dealkylation sites (tertiary alicyclic amines) is 1. The number of primary amides is 1. The Labute approximate surface area is 190 Å². The number of rotatable bonds is 6. The number of carbonyl (C=O) groups is 2. The van der Waals surface area contributed by atoms with Crippen LogP contribution in [0, 0.1) is 5.92 Å². The smallest absolute Gasteiger partial charge is 0.405 e. The fourth-order valence-electron chi connectivity index (χ4n) is 4.57. The number of halogens is 1. The molecule has 1 aromatic carbocycles. The first-order chi connectivity index (χ1) is 14.9. The van der Waals surface area contributed by atoms with Gasteiger partial charge in [-0.25, -0.2) is 4.79 Å². The van der Waals surface area contributed by atoms with Gasteiger partial charge in [-0.15, -0.1) is 0 Å². The molecule has 2 unspecified atom stereocenters. The highest BCUT2D eigenvalue weighted by Gasteiger charge is 2.40. The highest BCUT2D eigenvalue weighted by atomic mass is 79.9. The fourth-order valence-corrected chi connectivity index (χ4v) is 4.83. The number of hydrogen-bond donors (Lipinski definition) is 2. The van der Waals surface area contributed by atoms with Crippen LogP contribution in [0.25, 0.3) is 11.3 Å². The molecule has 4 rings (SSSR count). The molecule has 0 aliphatic carbocycles. The van der Waals surface area contributed by atoms with Crippen molar-refractivity contribution in [2.75, 3.05) is 6.54 Å². The van der Waals surface area contributed by atoms with Crippen molar-refractivity contribution in [3.05, 3.63) is 45.6 Å². The lowest BCUT2D eigenvalue weighted by atomic mass is 9.99. The van der Waals surface area contributed by atoms with E-state index in [1.807, 2.05) is 30.9 Å². The molecule has 166 valence electrons. The topological polar surface area (TPSA) is 97.6 Å². The summed E-state index contributed by atoms with van der Waals surface area (Å²) in [5.41, 5.74) is 10.7. The lowest BCUT2D eigenvalue weighted by Crippen LogP contribution is -2.45. The van der Waals surface area contributed by atoms with E-state index in [0.29, 0.717) is 26.2 Å². The summed E-state index contributed by atoms with van der Waals surface area (Å²) in [6.07, 6.45) is 0.668. The lowest BCUT2D eigenvalue weighted by Gasteiger charge is -2.30. The van der Waals surface area contributed by atoms with Gasteiger partial charge in [0.1, 0.15) is 0 Å². The molecule has 2 aliphatic heterocycles. The maximum atomic E-state index is 13.4. The van der Waals surface area contributed by atoms with Gasteiger partial charge in [0.2, 0.25) is 0 Å². The van der Waals surface area contributed by atoms with E-state index >= 15 is 0 Å². The van der Waals surface area contributed by atoms with Gasteiger partial charge in [0.05, 0.1) is 24.9 Å². The number of H-pyrrole nitrogens is 1. The van der Waals surface area contributed by atoms with Crippen LogP contribution >= 0.6 is 15.9 Å². The zero-order chi connectivity index (χ0) is 22.1. The second kappa shape index (κ2) is 9.04.